The second-order valence-electron chi connectivity index (χ2n) is 6.48. The van der Waals surface area contributed by atoms with E-state index in [0.717, 1.165) is 32.7 Å². The lowest BCUT2D eigenvalue weighted by atomic mass is 9.96. The van der Waals surface area contributed by atoms with Gasteiger partial charge in [0, 0.05) is 6.42 Å². The van der Waals surface area contributed by atoms with Crippen LogP contribution in [-0.4, -0.2) is 10.2 Å². The van der Waals surface area contributed by atoms with Crippen LogP contribution in [0.4, 0.5) is 0 Å². The summed E-state index contributed by atoms with van der Waals surface area (Å²) in [7, 11) is 0. The number of benzene rings is 4. The van der Waals surface area contributed by atoms with Gasteiger partial charge in [-0.25, -0.2) is 0 Å². The Morgan fingerprint density at radius 3 is 1.36 bits per heavy atom. The predicted octanol–water partition coefficient (Wildman–Crippen LogP) is 5.15. The van der Waals surface area contributed by atoms with Crippen molar-refractivity contribution in [2.24, 2.45) is 0 Å². The summed E-state index contributed by atoms with van der Waals surface area (Å²) in [5.41, 5.74) is 1.66. The molecule has 4 aromatic rings. The van der Waals surface area contributed by atoms with E-state index in [1.54, 1.807) is 0 Å². The number of rotatable bonds is 4. The molecule has 0 bridgehead atoms. The molecule has 0 saturated carbocycles. The van der Waals surface area contributed by atoms with Crippen LogP contribution >= 0.6 is 0 Å². The van der Waals surface area contributed by atoms with Crippen molar-refractivity contribution in [2.75, 3.05) is 0 Å². The largest absolute Gasteiger partial charge is 0.388 e. The molecule has 4 rings (SSSR count). The minimum Gasteiger partial charge on any atom is -0.388 e. The first-order chi connectivity index (χ1) is 12.2. The van der Waals surface area contributed by atoms with E-state index in [1.807, 2.05) is 72.8 Å². The predicted molar refractivity (Wildman–Crippen MR) is 102 cm³/mol. The van der Waals surface area contributed by atoms with Gasteiger partial charge in [0.05, 0.1) is 12.2 Å². The second kappa shape index (κ2) is 6.67. The highest BCUT2D eigenvalue weighted by Gasteiger charge is 2.16. The molecule has 0 saturated heterocycles. The first-order valence-corrected chi connectivity index (χ1v) is 8.54. The van der Waals surface area contributed by atoms with E-state index in [2.05, 4.69) is 12.1 Å². The van der Waals surface area contributed by atoms with Crippen LogP contribution in [0.1, 0.15) is 29.8 Å². The van der Waals surface area contributed by atoms with Gasteiger partial charge in [-0.2, -0.15) is 0 Å². The molecular weight excluding hydrogens is 308 g/mol. The van der Waals surface area contributed by atoms with Crippen molar-refractivity contribution in [3.63, 3.8) is 0 Å². The van der Waals surface area contributed by atoms with E-state index in [1.165, 1.54) is 0 Å². The second-order valence-corrected chi connectivity index (χ2v) is 6.48. The Balaban J connectivity index is 1.56. The van der Waals surface area contributed by atoms with Gasteiger partial charge in [-0.05, 0) is 44.8 Å². The Morgan fingerprint density at radius 1 is 0.520 bits per heavy atom. The van der Waals surface area contributed by atoms with Crippen LogP contribution in [0.2, 0.25) is 0 Å². The van der Waals surface area contributed by atoms with Crippen molar-refractivity contribution in [3.8, 4) is 0 Å². The molecule has 124 valence electrons. The molecule has 0 fully saturated rings. The minimum absolute atomic E-state index is 0.274. The zero-order valence-electron chi connectivity index (χ0n) is 13.8. The Labute approximate surface area is 147 Å². The fourth-order valence-electron chi connectivity index (χ4n) is 3.31. The third-order valence-corrected chi connectivity index (χ3v) is 4.76. The molecule has 25 heavy (non-hydrogen) atoms. The quantitative estimate of drug-likeness (QED) is 0.544. The van der Waals surface area contributed by atoms with Gasteiger partial charge in [-0.15, -0.1) is 0 Å². The fraction of sp³-hybridized carbons (Fsp3) is 0.130. The van der Waals surface area contributed by atoms with Crippen molar-refractivity contribution in [1.29, 1.82) is 0 Å². The molecule has 4 aromatic carbocycles. The summed E-state index contributed by atoms with van der Waals surface area (Å²) in [6.07, 6.45) is -1.13. The molecule has 0 amide bonds. The lowest BCUT2D eigenvalue weighted by Gasteiger charge is -2.17. The molecule has 0 heterocycles. The monoisotopic (exact) mass is 328 g/mol. The maximum Gasteiger partial charge on any atom is 0.0818 e. The van der Waals surface area contributed by atoms with Crippen LogP contribution in [0, 0.1) is 0 Å². The normalized spacial score (nSPS) is 13.8. The van der Waals surface area contributed by atoms with Gasteiger partial charge < -0.3 is 10.2 Å². The van der Waals surface area contributed by atoms with Gasteiger partial charge in [0.15, 0.2) is 0 Å². The van der Waals surface area contributed by atoms with Gasteiger partial charge in [0.1, 0.15) is 0 Å². The van der Waals surface area contributed by atoms with E-state index in [9.17, 15) is 10.2 Å². The molecule has 2 nitrogen and oxygen atoms in total. The summed E-state index contributed by atoms with van der Waals surface area (Å²) in [6, 6.07) is 28.0. The molecule has 0 aliphatic rings. The van der Waals surface area contributed by atoms with Crippen molar-refractivity contribution in [1.82, 2.24) is 0 Å². The van der Waals surface area contributed by atoms with Gasteiger partial charge in [0.2, 0.25) is 0 Å². The summed E-state index contributed by atoms with van der Waals surface area (Å²) in [4.78, 5) is 0. The van der Waals surface area contributed by atoms with E-state index < -0.39 is 12.2 Å². The van der Waals surface area contributed by atoms with Crippen LogP contribution in [0.5, 0.6) is 0 Å². The Morgan fingerprint density at radius 2 is 0.920 bits per heavy atom. The SMILES string of the molecule is O[C@@H](C[C@H](O)c1ccc2ccccc2c1)c1ccc2ccccc2c1. The average Bonchev–Trinajstić information content (AvgIpc) is 2.67. The van der Waals surface area contributed by atoms with E-state index in [0.29, 0.717) is 0 Å². The number of hydrogen-bond acceptors (Lipinski definition) is 2. The van der Waals surface area contributed by atoms with Crippen LogP contribution < -0.4 is 0 Å². The Hall–Kier alpha value is -2.68. The molecule has 2 atom stereocenters. The van der Waals surface area contributed by atoms with Crippen LogP contribution in [0.15, 0.2) is 84.9 Å². The highest BCUT2D eigenvalue weighted by atomic mass is 16.3. The number of fused-ring (bicyclic) bond motifs is 2. The maximum absolute atomic E-state index is 10.6. The standard InChI is InChI=1S/C23H20O2/c24-22(20-11-9-16-5-1-3-7-18(16)13-20)15-23(25)21-12-10-17-6-2-4-8-19(17)14-21/h1-14,22-25H,15H2/t22-,23-/m0/s1. The number of aliphatic hydroxyl groups is 2. The minimum atomic E-state index is -0.703. The third-order valence-electron chi connectivity index (χ3n) is 4.76. The topological polar surface area (TPSA) is 40.5 Å². The van der Waals surface area contributed by atoms with Crippen LogP contribution in [0.3, 0.4) is 0 Å². The highest BCUT2D eigenvalue weighted by Crippen LogP contribution is 2.29. The molecule has 2 heteroatoms. The van der Waals surface area contributed by atoms with E-state index >= 15 is 0 Å². The van der Waals surface area contributed by atoms with Gasteiger partial charge in [-0.1, -0.05) is 72.8 Å². The Bertz CT molecular complexity index is 939. The summed E-state index contributed by atoms with van der Waals surface area (Å²) in [6.45, 7) is 0. The van der Waals surface area contributed by atoms with Gasteiger partial charge >= 0.3 is 0 Å². The van der Waals surface area contributed by atoms with E-state index in [-0.39, 0.29) is 6.42 Å². The molecule has 0 aliphatic heterocycles. The van der Waals surface area contributed by atoms with Crippen molar-refractivity contribution in [3.05, 3.63) is 96.1 Å². The summed E-state index contributed by atoms with van der Waals surface area (Å²) < 4.78 is 0. The number of aliphatic hydroxyl groups excluding tert-OH is 2. The molecular formula is C23H20O2. The lowest BCUT2D eigenvalue weighted by molar-refractivity contribution is 0.0805. The highest BCUT2D eigenvalue weighted by molar-refractivity contribution is 5.83. The van der Waals surface area contributed by atoms with E-state index in [4.69, 9.17) is 0 Å². The van der Waals surface area contributed by atoms with Crippen molar-refractivity contribution < 1.29 is 10.2 Å². The van der Waals surface area contributed by atoms with Crippen LogP contribution in [-0.2, 0) is 0 Å². The number of hydrogen-bond donors (Lipinski definition) is 2. The summed E-state index contributed by atoms with van der Waals surface area (Å²) in [5, 5.41) is 25.6. The Kier molecular flexibility index (Phi) is 4.22. The van der Waals surface area contributed by atoms with Crippen molar-refractivity contribution in [2.45, 2.75) is 18.6 Å². The summed E-state index contributed by atoms with van der Waals surface area (Å²) in [5.74, 6) is 0. The van der Waals surface area contributed by atoms with Crippen molar-refractivity contribution >= 4 is 21.5 Å². The first-order valence-electron chi connectivity index (χ1n) is 8.54. The first kappa shape index (κ1) is 15.8. The fourth-order valence-corrected chi connectivity index (χ4v) is 3.31. The average molecular weight is 328 g/mol. The molecule has 0 spiro atoms. The van der Waals surface area contributed by atoms with Crippen LogP contribution in [0.25, 0.3) is 21.5 Å². The molecule has 0 radical (unpaired) electrons. The molecule has 0 aromatic heterocycles. The lowest BCUT2D eigenvalue weighted by Crippen LogP contribution is -2.06. The molecule has 2 N–H and O–H groups in total. The smallest absolute Gasteiger partial charge is 0.0818 e. The molecule has 0 unspecified atom stereocenters. The summed E-state index contributed by atoms with van der Waals surface area (Å²) >= 11 is 0. The zero-order valence-corrected chi connectivity index (χ0v) is 13.8. The van der Waals surface area contributed by atoms with Gasteiger partial charge in [-0.3, -0.25) is 0 Å². The third kappa shape index (κ3) is 3.27. The maximum atomic E-state index is 10.6. The van der Waals surface area contributed by atoms with Gasteiger partial charge in [0.25, 0.3) is 0 Å². The zero-order chi connectivity index (χ0) is 17.2. The molecule has 0 aliphatic carbocycles.